The SMILES string of the molecule is CCNC(=NCc1ccc(C(N)=O)o1)N1CCC(CN2CCCC2)C1.I. The summed E-state index contributed by atoms with van der Waals surface area (Å²) >= 11 is 0. The van der Waals surface area contributed by atoms with Crippen molar-refractivity contribution in [3.63, 3.8) is 0 Å². The molecule has 0 spiro atoms. The molecule has 7 nitrogen and oxygen atoms in total. The van der Waals surface area contributed by atoms with E-state index in [2.05, 4.69) is 27.0 Å². The molecular formula is C18H30IN5O2. The third kappa shape index (κ3) is 5.60. The van der Waals surface area contributed by atoms with Crippen LogP contribution in [0, 0.1) is 5.92 Å². The topological polar surface area (TPSA) is 87.1 Å². The minimum atomic E-state index is -0.550. The molecule has 1 aromatic rings. The quantitative estimate of drug-likeness (QED) is 0.373. The predicted octanol–water partition coefficient (Wildman–Crippen LogP) is 1.88. The van der Waals surface area contributed by atoms with Crippen LogP contribution in [-0.4, -0.2) is 60.9 Å². The van der Waals surface area contributed by atoms with Gasteiger partial charge in [-0.3, -0.25) is 4.79 Å². The molecule has 3 N–H and O–H groups in total. The van der Waals surface area contributed by atoms with Crippen molar-refractivity contribution in [3.8, 4) is 0 Å². The molecule has 0 bridgehead atoms. The molecule has 8 heteroatoms. The summed E-state index contributed by atoms with van der Waals surface area (Å²) in [6.45, 7) is 9.11. The fraction of sp³-hybridized carbons (Fsp3) is 0.667. The Balaban J connectivity index is 0.00000243. The van der Waals surface area contributed by atoms with Crippen LogP contribution in [0.4, 0.5) is 0 Å². The minimum Gasteiger partial charge on any atom is -0.454 e. The Labute approximate surface area is 172 Å². The van der Waals surface area contributed by atoms with Crippen LogP contribution >= 0.6 is 24.0 Å². The highest BCUT2D eigenvalue weighted by atomic mass is 127. The maximum Gasteiger partial charge on any atom is 0.284 e. The number of guanidine groups is 1. The van der Waals surface area contributed by atoms with Gasteiger partial charge in [-0.2, -0.15) is 0 Å². The number of carbonyl (C=O) groups is 1. The number of amides is 1. The Morgan fingerprint density at radius 3 is 2.77 bits per heavy atom. The summed E-state index contributed by atoms with van der Waals surface area (Å²) in [6.07, 6.45) is 3.90. The Morgan fingerprint density at radius 1 is 1.35 bits per heavy atom. The van der Waals surface area contributed by atoms with Crippen LogP contribution in [0.5, 0.6) is 0 Å². The van der Waals surface area contributed by atoms with E-state index in [-0.39, 0.29) is 29.7 Å². The monoisotopic (exact) mass is 475 g/mol. The van der Waals surface area contributed by atoms with E-state index >= 15 is 0 Å². The number of halogens is 1. The second kappa shape index (κ2) is 10.1. The van der Waals surface area contributed by atoms with Crippen molar-refractivity contribution in [1.29, 1.82) is 0 Å². The Kier molecular flexibility index (Phi) is 8.20. The highest BCUT2D eigenvalue weighted by Gasteiger charge is 2.27. The molecule has 1 atom stereocenters. The summed E-state index contributed by atoms with van der Waals surface area (Å²) in [7, 11) is 0. The number of nitrogens with two attached hydrogens (primary N) is 1. The number of rotatable bonds is 6. The summed E-state index contributed by atoms with van der Waals surface area (Å²) in [5, 5.41) is 3.37. The van der Waals surface area contributed by atoms with E-state index in [4.69, 9.17) is 10.2 Å². The molecule has 0 aromatic carbocycles. The van der Waals surface area contributed by atoms with E-state index < -0.39 is 5.91 Å². The number of aliphatic imine (C=N–C) groups is 1. The van der Waals surface area contributed by atoms with Crippen molar-refractivity contribution >= 4 is 35.8 Å². The van der Waals surface area contributed by atoms with Crippen LogP contribution in [0.1, 0.15) is 42.5 Å². The van der Waals surface area contributed by atoms with Crippen LogP contribution in [0.3, 0.4) is 0 Å². The zero-order valence-corrected chi connectivity index (χ0v) is 17.8. The fourth-order valence-corrected chi connectivity index (χ4v) is 3.68. The maximum absolute atomic E-state index is 11.1. The molecule has 0 saturated carbocycles. The number of hydrogen-bond donors (Lipinski definition) is 2. The van der Waals surface area contributed by atoms with E-state index in [9.17, 15) is 4.79 Å². The molecule has 1 aromatic heterocycles. The van der Waals surface area contributed by atoms with Gasteiger partial charge < -0.3 is 25.3 Å². The highest BCUT2D eigenvalue weighted by molar-refractivity contribution is 14.0. The molecule has 2 aliphatic heterocycles. The smallest absolute Gasteiger partial charge is 0.284 e. The van der Waals surface area contributed by atoms with Gasteiger partial charge in [-0.05, 0) is 57.3 Å². The van der Waals surface area contributed by atoms with Crippen LogP contribution in [0.15, 0.2) is 21.5 Å². The Hall–Kier alpha value is -1.29. The molecule has 0 aliphatic carbocycles. The Morgan fingerprint density at radius 2 is 2.12 bits per heavy atom. The van der Waals surface area contributed by atoms with E-state index in [1.807, 2.05) is 0 Å². The van der Waals surface area contributed by atoms with Crippen molar-refractivity contribution in [1.82, 2.24) is 15.1 Å². The molecule has 0 radical (unpaired) electrons. The summed E-state index contributed by atoms with van der Waals surface area (Å²) < 4.78 is 5.41. The largest absolute Gasteiger partial charge is 0.454 e. The van der Waals surface area contributed by atoms with Crippen LogP contribution in [0.2, 0.25) is 0 Å². The van der Waals surface area contributed by atoms with Gasteiger partial charge >= 0.3 is 0 Å². The average Bonchev–Trinajstić information content (AvgIpc) is 3.33. The van der Waals surface area contributed by atoms with Gasteiger partial charge in [0.15, 0.2) is 11.7 Å². The number of nitrogens with one attached hydrogen (secondary N) is 1. The lowest BCUT2D eigenvalue weighted by molar-refractivity contribution is 0.0972. The van der Waals surface area contributed by atoms with Crippen LogP contribution < -0.4 is 11.1 Å². The second-order valence-corrected chi connectivity index (χ2v) is 6.91. The van der Waals surface area contributed by atoms with Crippen molar-refractivity contribution in [2.45, 2.75) is 32.7 Å². The van der Waals surface area contributed by atoms with E-state index in [0.29, 0.717) is 18.2 Å². The molecule has 2 aliphatic rings. The number of carbonyl (C=O) groups excluding carboxylic acids is 1. The molecular weight excluding hydrogens is 445 g/mol. The third-order valence-corrected chi connectivity index (χ3v) is 4.92. The lowest BCUT2D eigenvalue weighted by Gasteiger charge is -2.23. The van der Waals surface area contributed by atoms with Gasteiger partial charge in [0.25, 0.3) is 5.91 Å². The van der Waals surface area contributed by atoms with E-state index in [1.54, 1.807) is 12.1 Å². The first-order chi connectivity index (χ1) is 12.2. The normalized spacial score (nSPS) is 21.0. The van der Waals surface area contributed by atoms with Crippen molar-refractivity contribution < 1.29 is 9.21 Å². The first-order valence-electron chi connectivity index (χ1n) is 9.30. The van der Waals surface area contributed by atoms with E-state index in [1.165, 1.54) is 38.9 Å². The van der Waals surface area contributed by atoms with Gasteiger partial charge in [0.2, 0.25) is 0 Å². The Bertz CT molecular complexity index is 612. The first-order valence-corrected chi connectivity index (χ1v) is 9.30. The highest BCUT2D eigenvalue weighted by Crippen LogP contribution is 2.20. The van der Waals surface area contributed by atoms with Crippen LogP contribution in [0.25, 0.3) is 0 Å². The summed E-state index contributed by atoms with van der Waals surface area (Å²) in [4.78, 5) is 20.7. The van der Waals surface area contributed by atoms with Gasteiger partial charge in [-0.1, -0.05) is 0 Å². The van der Waals surface area contributed by atoms with E-state index in [0.717, 1.165) is 25.6 Å². The lowest BCUT2D eigenvalue weighted by Crippen LogP contribution is -2.40. The zero-order valence-electron chi connectivity index (χ0n) is 15.4. The van der Waals surface area contributed by atoms with Gasteiger partial charge in [0.1, 0.15) is 12.3 Å². The molecule has 1 amide bonds. The predicted molar refractivity (Wildman–Crippen MR) is 113 cm³/mol. The number of primary amides is 1. The summed E-state index contributed by atoms with van der Waals surface area (Å²) in [5.74, 6) is 1.92. The first kappa shape index (κ1) is 21.0. The summed E-state index contributed by atoms with van der Waals surface area (Å²) in [6, 6.07) is 3.36. The maximum atomic E-state index is 11.1. The van der Waals surface area contributed by atoms with Gasteiger partial charge in [0, 0.05) is 26.2 Å². The van der Waals surface area contributed by atoms with Gasteiger partial charge in [-0.15, -0.1) is 24.0 Å². The molecule has 3 heterocycles. The zero-order chi connectivity index (χ0) is 17.6. The average molecular weight is 475 g/mol. The minimum absolute atomic E-state index is 0. The summed E-state index contributed by atoms with van der Waals surface area (Å²) in [5.41, 5.74) is 5.22. The van der Waals surface area contributed by atoms with Gasteiger partial charge in [-0.25, -0.2) is 4.99 Å². The third-order valence-electron chi connectivity index (χ3n) is 4.92. The van der Waals surface area contributed by atoms with Crippen molar-refractivity contribution in [2.75, 3.05) is 39.3 Å². The molecule has 26 heavy (non-hydrogen) atoms. The number of nitrogens with zero attached hydrogens (tertiary/aromatic N) is 3. The van der Waals surface area contributed by atoms with Gasteiger partial charge in [0.05, 0.1) is 0 Å². The molecule has 1 unspecified atom stereocenters. The van der Waals surface area contributed by atoms with Crippen molar-refractivity contribution in [3.05, 3.63) is 23.7 Å². The fourth-order valence-electron chi connectivity index (χ4n) is 3.68. The second-order valence-electron chi connectivity index (χ2n) is 6.91. The number of furan rings is 1. The molecule has 2 saturated heterocycles. The lowest BCUT2D eigenvalue weighted by atomic mass is 10.1. The number of hydrogen-bond acceptors (Lipinski definition) is 4. The molecule has 2 fully saturated rings. The van der Waals surface area contributed by atoms with Crippen LogP contribution in [-0.2, 0) is 6.54 Å². The molecule has 3 rings (SSSR count). The number of likely N-dealkylation sites (tertiary alicyclic amines) is 2. The molecule has 146 valence electrons. The standard InChI is InChI=1S/C18H29N5O2.HI/c1-2-20-18(21-11-15-5-6-16(25-15)17(19)24)23-10-7-14(13-23)12-22-8-3-4-9-22;/h5-6,14H,2-4,7-13H2,1H3,(H2,19,24)(H,20,21);1H. The van der Waals surface area contributed by atoms with Crippen molar-refractivity contribution in [2.24, 2.45) is 16.6 Å².